The Kier molecular flexibility index (Phi) is 6.51. The van der Waals surface area contributed by atoms with Gasteiger partial charge in [-0.3, -0.25) is 5.32 Å². The first-order valence-electron chi connectivity index (χ1n) is 9.12. The van der Waals surface area contributed by atoms with E-state index in [-0.39, 0.29) is 5.54 Å². The highest BCUT2D eigenvalue weighted by Gasteiger charge is 2.42. The second kappa shape index (κ2) is 8.15. The maximum Gasteiger partial charge on any atom is 0.109 e. The summed E-state index contributed by atoms with van der Waals surface area (Å²) in [6.45, 7) is 9.05. The van der Waals surface area contributed by atoms with Gasteiger partial charge >= 0.3 is 0 Å². The molecule has 0 aromatic carbocycles. The van der Waals surface area contributed by atoms with Crippen LogP contribution >= 0.6 is 0 Å². The lowest BCUT2D eigenvalue weighted by Gasteiger charge is -2.34. The molecule has 0 saturated heterocycles. The van der Waals surface area contributed by atoms with E-state index >= 15 is 0 Å². The largest absolute Gasteiger partial charge is 0.303 e. The zero-order valence-electron chi connectivity index (χ0n) is 14.0. The highest BCUT2D eigenvalue weighted by atomic mass is 15.1. The lowest BCUT2D eigenvalue weighted by molar-refractivity contribution is 0.167. The molecule has 1 N–H and O–H groups in total. The summed E-state index contributed by atoms with van der Waals surface area (Å²) in [7, 11) is 0. The molecule has 0 bridgehead atoms. The summed E-state index contributed by atoms with van der Waals surface area (Å²) >= 11 is 0. The lowest BCUT2D eigenvalue weighted by atomic mass is 9.84. The van der Waals surface area contributed by atoms with Gasteiger partial charge in [-0.2, -0.15) is 5.26 Å². The van der Waals surface area contributed by atoms with E-state index in [2.05, 4.69) is 30.1 Å². The van der Waals surface area contributed by atoms with Crippen molar-refractivity contribution in [2.24, 2.45) is 11.8 Å². The molecule has 0 aromatic heterocycles. The van der Waals surface area contributed by atoms with Gasteiger partial charge in [-0.05, 0) is 70.0 Å². The van der Waals surface area contributed by atoms with E-state index in [1.54, 1.807) is 0 Å². The molecule has 2 saturated carbocycles. The summed E-state index contributed by atoms with van der Waals surface area (Å²) in [6, 6.07) is 2.64. The Hall–Kier alpha value is -0.590. The normalized spacial score (nSPS) is 29.5. The lowest BCUT2D eigenvalue weighted by Crippen LogP contribution is -2.48. The monoisotopic (exact) mass is 291 g/mol. The fraction of sp³-hybridized carbons (Fsp3) is 0.944. The Bertz CT molecular complexity index is 345. The Morgan fingerprint density at radius 3 is 2.62 bits per heavy atom. The third-order valence-electron chi connectivity index (χ3n) is 5.69. The van der Waals surface area contributed by atoms with E-state index in [0.717, 1.165) is 31.8 Å². The zero-order chi connectivity index (χ0) is 15.1. The minimum atomic E-state index is -0.230. The van der Waals surface area contributed by atoms with Gasteiger partial charge in [-0.15, -0.1) is 0 Å². The number of nitrogens with one attached hydrogen (secondary N) is 1. The van der Waals surface area contributed by atoms with Crippen LogP contribution in [0.5, 0.6) is 0 Å². The molecule has 2 unspecified atom stereocenters. The average molecular weight is 291 g/mol. The first-order valence-corrected chi connectivity index (χ1v) is 9.12. The molecule has 0 amide bonds. The Balaban J connectivity index is 1.83. The third-order valence-corrected chi connectivity index (χ3v) is 5.69. The third kappa shape index (κ3) is 4.20. The maximum absolute atomic E-state index is 9.70. The van der Waals surface area contributed by atoms with Gasteiger partial charge in [0, 0.05) is 6.54 Å². The molecule has 0 radical (unpaired) electrons. The van der Waals surface area contributed by atoms with Gasteiger partial charge in [-0.25, -0.2) is 0 Å². The highest BCUT2D eigenvalue weighted by Crippen LogP contribution is 2.38. The molecule has 21 heavy (non-hydrogen) atoms. The molecule has 3 nitrogen and oxygen atoms in total. The predicted octanol–water partition coefficient (Wildman–Crippen LogP) is 3.56. The molecule has 2 rings (SSSR count). The minimum Gasteiger partial charge on any atom is -0.303 e. The molecule has 2 aliphatic rings. The summed E-state index contributed by atoms with van der Waals surface area (Å²) in [4.78, 5) is 2.62. The summed E-state index contributed by atoms with van der Waals surface area (Å²) in [5.41, 5.74) is -0.230. The van der Waals surface area contributed by atoms with Crippen LogP contribution in [0.15, 0.2) is 0 Å². The number of nitrogens with zero attached hydrogens (tertiary/aromatic N) is 2. The van der Waals surface area contributed by atoms with Crippen LogP contribution in [-0.4, -0.2) is 36.6 Å². The van der Waals surface area contributed by atoms with Crippen molar-refractivity contribution >= 4 is 0 Å². The van der Waals surface area contributed by atoms with E-state index in [4.69, 9.17) is 0 Å². The van der Waals surface area contributed by atoms with Gasteiger partial charge in [-0.1, -0.05) is 26.7 Å². The molecule has 2 fully saturated rings. The van der Waals surface area contributed by atoms with Crippen LogP contribution in [0.2, 0.25) is 0 Å². The summed E-state index contributed by atoms with van der Waals surface area (Å²) < 4.78 is 0. The molecule has 2 aliphatic carbocycles. The topological polar surface area (TPSA) is 39.1 Å². The van der Waals surface area contributed by atoms with Crippen LogP contribution in [0, 0.1) is 23.2 Å². The number of rotatable bonds is 9. The second-order valence-electron chi connectivity index (χ2n) is 7.08. The molecule has 2 atom stereocenters. The van der Waals surface area contributed by atoms with Crippen LogP contribution in [0.1, 0.15) is 65.2 Å². The number of nitriles is 1. The highest BCUT2D eigenvalue weighted by molar-refractivity contribution is 5.14. The van der Waals surface area contributed by atoms with Crippen LogP contribution < -0.4 is 5.32 Å². The fourth-order valence-corrected chi connectivity index (χ4v) is 3.99. The molecular formula is C18H33N3. The average Bonchev–Trinajstić information content (AvgIpc) is 2.87. The number of hydrogen-bond acceptors (Lipinski definition) is 3. The Morgan fingerprint density at radius 2 is 2.05 bits per heavy atom. The van der Waals surface area contributed by atoms with Gasteiger partial charge in [0.25, 0.3) is 0 Å². The Morgan fingerprint density at radius 1 is 1.24 bits per heavy atom. The van der Waals surface area contributed by atoms with E-state index < -0.39 is 0 Å². The summed E-state index contributed by atoms with van der Waals surface area (Å²) in [5, 5.41) is 13.3. The van der Waals surface area contributed by atoms with Crippen LogP contribution in [0.4, 0.5) is 0 Å². The van der Waals surface area contributed by atoms with Crippen molar-refractivity contribution in [3.8, 4) is 6.07 Å². The van der Waals surface area contributed by atoms with Gasteiger partial charge in [0.05, 0.1) is 6.07 Å². The van der Waals surface area contributed by atoms with Crippen molar-refractivity contribution in [1.29, 1.82) is 5.26 Å². The summed E-state index contributed by atoms with van der Waals surface area (Å²) in [6.07, 6.45) is 10.1. The number of hydrogen-bond donors (Lipinski definition) is 1. The van der Waals surface area contributed by atoms with Crippen molar-refractivity contribution in [2.75, 3.05) is 26.2 Å². The summed E-state index contributed by atoms with van der Waals surface area (Å²) in [5.74, 6) is 1.50. The minimum absolute atomic E-state index is 0.230. The van der Waals surface area contributed by atoms with Crippen LogP contribution in [-0.2, 0) is 0 Å². The van der Waals surface area contributed by atoms with E-state index in [1.165, 1.54) is 51.6 Å². The van der Waals surface area contributed by atoms with Crippen molar-refractivity contribution in [2.45, 2.75) is 70.8 Å². The molecule has 0 heterocycles. The standard InChI is InChI=1S/C18H33N3/c1-3-12-20-18(15-19)11-6-9-17(18)10-13-21(4-2)14-16-7-5-8-16/h16-17,20H,3-14H2,1-2H3. The molecule has 0 aromatic rings. The first kappa shape index (κ1) is 16.8. The Labute approximate surface area is 131 Å². The van der Waals surface area contributed by atoms with E-state index in [1.807, 2.05) is 0 Å². The van der Waals surface area contributed by atoms with Crippen LogP contribution in [0.25, 0.3) is 0 Å². The molecule has 0 spiro atoms. The van der Waals surface area contributed by atoms with Gasteiger partial charge in [0.2, 0.25) is 0 Å². The molecule has 120 valence electrons. The SMILES string of the molecule is CCCNC1(C#N)CCCC1CCN(CC)CC1CCC1. The molecule has 3 heteroatoms. The quantitative estimate of drug-likeness (QED) is 0.706. The predicted molar refractivity (Wildman–Crippen MR) is 88.1 cm³/mol. The van der Waals surface area contributed by atoms with Gasteiger partial charge < -0.3 is 4.90 Å². The van der Waals surface area contributed by atoms with Crippen molar-refractivity contribution < 1.29 is 0 Å². The van der Waals surface area contributed by atoms with Gasteiger partial charge in [0.15, 0.2) is 0 Å². The van der Waals surface area contributed by atoms with Crippen LogP contribution in [0.3, 0.4) is 0 Å². The van der Waals surface area contributed by atoms with Crippen molar-refractivity contribution in [1.82, 2.24) is 10.2 Å². The van der Waals surface area contributed by atoms with Crippen molar-refractivity contribution in [3.63, 3.8) is 0 Å². The van der Waals surface area contributed by atoms with Gasteiger partial charge in [0.1, 0.15) is 5.54 Å². The second-order valence-corrected chi connectivity index (χ2v) is 7.08. The fourth-order valence-electron chi connectivity index (χ4n) is 3.99. The zero-order valence-corrected chi connectivity index (χ0v) is 14.0. The molecular weight excluding hydrogens is 258 g/mol. The van der Waals surface area contributed by atoms with Crippen molar-refractivity contribution in [3.05, 3.63) is 0 Å². The first-order chi connectivity index (χ1) is 10.2. The smallest absolute Gasteiger partial charge is 0.109 e. The van der Waals surface area contributed by atoms with E-state index in [9.17, 15) is 5.26 Å². The van der Waals surface area contributed by atoms with E-state index in [0.29, 0.717) is 5.92 Å². The molecule has 0 aliphatic heterocycles. The maximum atomic E-state index is 9.70.